The summed E-state index contributed by atoms with van der Waals surface area (Å²) < 4.78 is 24.5. The fourth-order valence-electron chi connectivity index (χ4n) is 2.86. The smallest absolute Gasteiger partial charge is 0.301 e. The minimum atomic E-state index is -0.748. The number of hydrazone groups is 1. The van der Waals surface area contributed by atoms with E-state index in [1.165, 1.54) is 24.4 Å². The molecule has 34 heavy (non-hydrogen) atoms. The molecule has 176 valence electrons. The fraction of sp³-hybridized carbons (Fsp3) is 0.136. The SMILES string of the molecule is CCOc1cc(/C=N/Nc2ccc([N+](=O)[O-])cc2[N+](=O)[O-])cc(Cl)c1OCc1ccc(F)cc1. The van der Waals surface area contributed by atoms with Gasteiger partial charge in [-0.25, -0.2) is 4.39 Å². The minimum absolute atomic E-state index is 0.0257. The van der Waals surface area contributed by atoms with Crippen LogP contribution in [-0.4, -0.2) is 22.7 Å². The number of benzene rings is 3. The first-order valence-electron chi connectivity index (χ1n) is 9.84. The van der Waals surface area contributed by atoms with Gasteiger partial charge in [0.15, 0.2) is 11.5 Å². The van der Waals surface area contributed by atoms with Crippen LogP contribution in [-0.2, 0) is 6.61 Å². The van der Waals surface area contributed by atoms with Gasteiger partial charge >= 0.3 is 5.69 Å². The Hall–Kier alpha value is -4.25. The highest BCUT2D eigenvalue weighted by molar-refractivity contribution is 6.32. The number of rotatable bonds is 10. The summed E-state index contributed by atoms with van der Waals surface area (Å²) in [5.74, 6) is 0.289. The van der Waals surface area contributed by atoms with Crippen molar-refractivity contribution < 1.29 is 23.7 Å². The lowest BCUT2D eigenvalue weighted by atomic mass is 10.2. The third-order valence-electron chi connectivity index (χ3n) is 4.42. The van der Waals surface area contributed by atoms with E-state index in [2.05, 4.69) is 10.5 Å². The first-order valence-corrected chi connectivity index (χ1v) is 10.2. The molecule has 0 atom stereocenters. The standard InChI is InChI=1S/C22H18ClFN4O6/c1-2-33-21-10-15(9-18(23)22(21)34-13-14-3-5-16(24)6-4-14)12-25-26-19-8-7-17(27(29)30)11-20(19)28(31)32/h3-12,26H,2,13H2,1H3/b25-12+. The number of ether oxygens (including phenoxy) is 2. The average Bonchev–Trinajstić information content (AvgIpc) is 2.80. The molecule has 0 fully saturated rings. The molecule has 0 aliphatic carbocycles. The molecule has 0 saturated heterocycles. The molecule has 0 heterocycles. The number of hydrogen-bond acceptors (Lipinski definition) is 8. The highest BCUT2D eigenvalue weighted by Crippen LogP contribution is 2.37. The molecule has 0 saturated carbocycles. The van der Waals surface area contributed by atoms with Crippen LogP contribution < -0.4 is 14.9 Å². The molecule has 0 aliphatic heterocycles. The number of nitrogens with zero attached hydrogens (tertiary/aromatic N) is 3. The van der Waals surface area contributed by atoms with Gasteiger partial charge in [-0.2, -0.15) is 5.10 Å². The topological polar surface area (TPSA) is 129 Å². The van der Waals surface area contributed by atoms with Crippen LogP contribution in [0.1, 0.15) is 18.1 Å². The van der Waals surface area contributed by atoms with Gasteiger partial charge in [0, 0.05) is 6.07 Å². The van der Waals surface area contributed by atoms with Crippen molar-refractivity contribution in [1.29, 1.82) is 0 Å². The number of hydrogen-bond donors (Lipinski definition) is 1. The van der Waals surface area contributed by atoms with Crippen LogP contribution in [0.5, 0.6) is 11.5 Å². The molecule has 0 radical (unpaired) electrons. The van der Waals surface area contributed by atoms with Crippen LogP contribution in [0, 0.1) is 26.0 Å². The molecular weight excluding hydrogens is 471 g/mol. The van der Waals surface area contributed by atoms with E-state index in [1.807, 2.05) is 0 Å². The van der Waals surface area contributed by atoms with E-state index in [4.69, 9.17) is 21.1 Å². The van der Waals surface area contributed by atoms with E-state index in [9.17, 15) is 24.6 Å². The van der Waals surface area contributed by atoms with Crippen molar-refractivity contribution >= 4 is 34.9 Å². The normalized spacial score (nSPS) is 10.8. The van der Waals surface area contributed by atoms with E-state index in [-0.39, 0.29) is 23.1 Å². The lowest BCUT2D eigenvalue weighted by molar-refractivity contribution is -0.393. The van der Waals surface area contributed by atoms with E-state index in [0.717, 1.165) is 17.7 Å². The molecular formula is C22H18ClFN4O6. The highest BCUT2D eigenvalue weighted by atomic mass is 35.5. The highest BCUT2D eigenvalue weighted by Gasteiger charge is 2.19. The molecule has 0 spiro atoms. The number of anilines is 1. The Labute approximate surface area is 197 Å². The summed E-state index contributed by atoms with van der Waals surface area (Å²) in [6.45, 7) is 2.25. The summed E-state index contributed by atoms with van der Waals surface area (Å²) >= 11 is 6.37. The van der Waals surface area contributed by atoms with Crippen molar-refractivity contribution in [2.45, 2.75) is 13.5 Å². The van der Waals surface area contributed by atoms with Crippen LogP contribution in [0.4, 0.5) is 21.5 Å². The van der Waals surface area contributed by atoms with Gasteiger partial charge in [-0.15, -0.1) is 0 Å². The van der Waals surface area contributed by atoms with E-state index >= 15 is 0 Å². The molecule has 0 bridgehead atoms. The van der Waals surface area contributed by atoms with Gasteiger partial charge in [-0.3, -0.25) is 25.7 Å². The van der Waals surface area contributed by atoms with Gasteiger partial charge in [0.1, 0.15) is 18.1 Å². The lowest BCUT2D eigenvalue weighted by Gasteiger charge is -2.14. The zero-order valence-electron chi connectivity index (χ0n) is 17.7. The van der Waals surface area contributed by atoms with Crippen LogP contribution in [0.15, 0.2) is 59.7 Å². The van der Waals surface area contributed by atoms with Gasteiger partial charge in [0.25, 0.3) is 5.69 Å². The number of non-ortho nitro benzene ring substituents is 1. The largest absolute Gasteiger partial charge is 0.490 e. The number of nitro benzene ring substituents is 2. The summed E-state index contributed by atoms with van der Waals surface area (Å²) in [6, 6.07) is 12.2. The second-order valence-electron chi connectivity index (χ2n) is 6.76. The molecule has 1 N–H and O–H groups in total. The molecule has 3 rings (SSSR count). The average molecular weight is 489 g/mol. The maximum Gasteiger partial charge on any atom is 0.301 e. The molecule has 3 aromatic rings. The Morgan fingerprint density at radius 3 is 2.44 bits per heavy atom. The van der Waals surface area contributed by atoms with Crippen molar-refractivity contribution in [1.82, 2.24) is 0 Å². The molecule has 10 nitrogen and oxygen atoms in total. The van der Waals surface area contributed by atoms with Gasteiger partial charge in [0.05, 0.1) is 33.8 Å². The van der Waals surface area contributed by atoms with Crippen molar-refractivity contribution in [3.8, 4) is 11.5 Å². The zero-order valence-corrected chi connectivity index (χ0v) is 18.5. The third-order valence-corrected chi connectivity index (χ3v) is 4.70. The number of nitro groups is 2. The van der Waals surface area contributed by atoms with Crippen molar-refractivity contribution in [2.24, 2.45) is 5.10 Å². The third kappa shape index (κ3) is 6.17. The van der Waals surface area contributed by atoms with Gasteiger partial charge < -0.3 is 9.47 Å². The maximum atomic E-state index is 13.1. The fourth-order valence-corrected chi connectivity index (χ4v) is 3.13. The summed E-state index contributed by atoms with van der Waals surface area (Å²) in [4.78, 5) is 20.6. The van der Waals surface area contributed by atoms with Gasteiger partial charge in [-0.1, -0.05) is 23.7 Å². The quantitative estimate of drug-likeness (QED) is 0.219. The second kappa shape index (κ2) is 11.1. The Bertz CT molecular complexity index is 1240. The molecule has 0 amide bonds. The molecule has 0 aliphatic rings. The van der Waals surface area contributed by atoms with Crippen LogP contribution in [0.2, 0.25) is 5.02 Å². The van der Waals surface area contributed by atoms with Gasteiger partial charge in [-0.05, 0) is 48.4 Å². The first kappa shape index (κ1) is 24.4. The summed E-state index contributed by atoms with van der Waals surface area (Å²) in [6.07, 6.45) is 1.35. The predicted molar refractivity (Wildman–Crippen MR) is 124 cm³/mol. The summed E-state index contributed by atoms with van der Waals surface area (Å²) in [5.41, 5.74) is 2.81. The van der Waals surface area contributed by atoms with Crippen molar-refractivity contribution in [3.05, 3.63) is 96.8 Å². The summed E-state index contributed by atoms with van der Waals surface area (Å²) in [5, 5.41) is 26.3. The Kier molecular flexibility index (Phi) is 7.93. The van der Waals surface area contributed by atoms with Crippen LogP contribution in [0.25, 0.3) is 0 Å². The van der Waals surface area contributed by atoms with E-state index < -0.39 is 21.2 Å². The van der Waals surface area contributed by atoms with Gasteiger partial charge in [0.2, 0.25) is 0 Å². The monoisotopic (exact) mass is 488 g/mol. The van der Waals surface area contributed by atoms with Crippen molar-refractivity contribution in [3.63, 3.8) is 0 Å². The van der Waals surface area contributed by atoms with Crippen LogP contribution in [0.3, 0.4) is 0 Å². The predicted octanol–water partition coefficient (Wildman–Crippen LogP) is 5.72. The van der Waals surface area contributed by atoms with E-state index in [0.29, 0.717) is 23.7 Å². The molecule has 3 aromatic carbocycles. The first-order chi connectivity index (χ1) is 16.3. The number of halogens is 2. The maximum absolute atomic E-state index is 13.1. The number of nitrogens with one attached hydrogen (secondary N) is 1. The second-order valence-corrected chi connectivity index (χ2v) is 7.17. The molecule has 12 heteroatoms. The Balaban J connectivity index is 1.79. The Morgan fingerprint density at radius 1 is 1.06 bits per heavy atom. The molecule has 0 unspecified atom stereocenters. The minimum Gasteiger partial charge on any atom is -0.490 e. The van der Waals surface area contributed by atoms with Crippen molar-refractivity contribution in [2.75, 3.05) is 12.0 Å². The molecule has 0 aromatic heterocycles. The lowest BCUT2D eigenvalue weighted by Crippen LogP contribution is -2.02. The zero-order chi connectivity index (χ0) is 24.7. The summed E-state index contributed by atoms with van der Waals surface area (Å²) in [7, 11) is 0. The van der Waals surface area contributed by atoms with Crippen LogP contribution >= 0.6 is 11.6 Å². The van der Waals surface area contributed by atoms with E-state index in [1.54, 1.807) is 31.2 Å². The Morgan fingerprint density at radius 2 is 1.79 bits per heavy atom.